The topological polar surface area (TPSA) is 43.4 Å². The lowest BCUT2D eigenvalue weighted by Gasteiger charge is -2.48. The highest BCUT2D eigenvalue weighted by molar-refractivity contribution is 6.03. The third-order valence-corrected chi connectivity index (χ3v) is 7.16. The van der Waals surface area contributed by atoms with Crippen LogP contribution in [0, 0.1) is 10.8 Å². The summed E-state index contributed by atoms with van der Waals surface area (Å²) in [4.78, 5) is 25.8. The summed E-state index contributed by atoms with van der Waals surface area (Å²) in [5.41, 5.74) is 6.27. The van der Waals surface area contributed by atoms with Gasteiger partial charge in [0.15, 0.2) is 0 Å². The number of hydrogen-bond donors (Lipinski definition) is 0. The quantitative estimate of drug-likeness (QED) is 0.551. The Morgan fingerprint density at radius 3 is 1.52 bits per heavy atom. The van der Waals surface area contributed by atoms with E-state index >= 15 is 0 Å². The minimum absolute atomic E-state index is 0.305. The second kappa shape index (κ2) is 4.21. The van der Waals surface area contributed by atoms with Crippen LogP contribution in [-0.2, 0) is 52.9 Å². The molecule has 1 fully saturated rings. The molecule has 1 heterocycles. The summed E-state index contributed by atoms with van der Waals surface area (Å²) in [7, 11) is 0. The lowest BCUT2D eigenvalue weighted by atomic mass is 9.49. The zero-order chi connectivity index (χ0) is 16.8. The standard InChI is InChI=1S/C22H18O3/c23-19-21-9-15-3-1-2-4-16(15)10-22(21,20(24)25-19)12-18-8-14-6-5-13(14)7-17(18)11-21/h1-4,7-8H,5-6,9-12H2/t21-,22+. The molecule has 2 aromatic carbocycles. The molecule has 25 heavy (non-hydrogen) atoms. The number of rotatable bonds is 0. The number of carbonyl (C=O) groups excluding carboxylic acids is 2. The molecule has 2 atom stereocenters. The van der Waals surface area contributed by atoms with Crippen molar-refractivity contribution in [3.8, 4) is 0 Å². The average Bonchev–Trinajstić information content (AvgIpc) is 2.80. The number of fused-ring (bicyclic) bond motifs is 3. The van der Waals surface area contributed by atoms with Gasteiger partial charge in [-0.05, 0) is 71.9 Å². The van der Waals surface area contributed by atoms with Crippen LogP contribution >= 0.6 is 0 Å². The number of hydrogen-bond acceptors (Lipinski definition) is 3. The predicted molar refractivity (Wildman–Crippen MR) is 91.1 cm³/mol. The van der Waals surface area contributed by atoms with Crippen molar-refractivity contribution >= 4 is 11.9 Å². The number of benzene rings is 2. The van der Waals surface area contributed by atoms with Gasteiger partial charge < -0.3 is 4.74 Å². The molecule has 0 unspecified atom stereocenters. The zero-order valence-electron chi connectivity index (χ0n) is 13.9. The molecule has 124 valence electrons. The van der Waals surface area contributed by atoms with E-state index in [0.29, 0.717) is 25.7 Å². The number of carbonyl (C=O) groups is 2. The smallest absolute Gasteiger partial charge is 0.321 e. The van der Waals surface area contributed by atoms with Gasteiger partial charge in [0.1, 0.15) is 0 Å². The number of esters is 2. The summed E-state index contributed by atoms with van der Waals surface area (Å²) in [5.74, 6) is -0.610. The van der Waals surface area contributed by atoms with E-state index in [-0.39, 0.29) is 11.9 Å². The minimum atomic E-state index is -0.719. The fraction of sp³-hybridized carbons (Fsp3) is 0.364. The van der Waals surface area contributed by atoms with Gasteiger partial charge in [0, 0.05) is 0 Å². The van der Waals surface area contributed by atoms with E-state index in [0.717, 1.165) is 12.8 Å². The maximum Gasteiger partial charge on any atom is 0.321 e. The summed E-state index contributed by atoms with van der Waals surface area (Å²) in [5, 5.41) is 0. The minimum Gasteiger partial charge on any atom is -0.392 e. The molecule has 3 heteroatoms. The Morgan fingerprint density at radius 2 is 1.08 bits per heavy atom. The van der Waals surface area contributed by atoms with Gasteiger partial charge in [0.05, 0.1) is 10.8 Å². The SMILES string of the molecule is O=C1OC(=O)[C@]23Cc4ccccc4C[C@]12Cc1cc2c(cc1C3)CC2. The van der Waals surface area contributed by atoms with Crippen LogP contribution in [-0.4, -0.2) is 11.9 Å². The fourth-order valence-electron chi connectivity index (χ4n) is 5.64. The van der Waals surface area contributed by atoms with Gasteiger partial charge >= 0.3 is 11.9 Å². The van der Waals surface area contributed by atoms with Crippen LogP contribution in [0.4, 0.5) is 0 Å². The van der Waals surface area contributed by atoms with Crippen molar-refractivity contribution < 1.29 is 14.3 Å². The summed E-state index contributed by atoms with van der Waals surface area (Å²) >= 11 is 0. The Bertz CT molecular complexity index is 911. The molecule has 0 N–H and O–H groups in total. The Balaban J connectivity index is 1.60. The maximum atomic E-state index is 12.9. The maximum absolute atomic E-state index is 12.9. The van der Waals surface area contributed by atoms with E-state index in [1.807, 2.05) is 12.1 Å². The predicted octanol–water partition coefficient (Wildman–Crippen LogP) is 2.74. The van der Waals surface area contributed by atoms with Crippen molar-refractivity contribution in [3.63, 3.8) is 0 Å². The van der Waals surface area contributed by atoms with Crippen LogP contribution in [0.25, 0.3) is 0 Å². The number of cyclic esters (lactones) is 2. The zero-order valence-corrected chi connectivity index (χ0v) is 13.9. The highest BCUT2D eigenvalue weighted by Crippen LogP contribution is 2.60. The lowest BCUT2D eigenvalue weighted by Crippen LogP contribution is -2.55. The van der Waals surface area contributed by atoms with Gasteiger partial charge in [0.2, 0.25) is 0 Å². The molecule has 3 aliphatic carbocycles. The largest absolute Gasteiger partial charge is 0.392 e. The Morgan fingerprint density at radius 1 is 0.640 bits per heavy atom. The van der Waals surface area contributed by atoms with Gasteiger partial charge in [-0.25, -0.2) is 0 Å². The average molecular weight is 330 g/mol. The van der Waals surface area contributed by atoms with E-state index < -0.39 is 10.8 Å². The van der Waals surface area contributed by atoms with Crippen LogP contribution in [0.1, 0.15) is 33.4 Å². The molecule has 4 aliphatic rings. The second-order valence-corrected chi connectivity index (χ2v) is 8.21. The van der Waals surface area contributed by atoms with Crippen molar-refractivity contribution in [1.82, 2.24) is 0 Å². The van der Waals surface area contributed by atoms with Crippen LogP contribution in [0.5, 0.6) is 0 Å². The van der Waals surface area contributed by atoms with Crippen LogP contribution in [0.2, 0.25) is 0 Å². The third kappa shape index (κ3) is 1.49. The summed E-state index contributed by atoms with van der Waals surface area (Å²) < 4.78 is 5.30. The number of aryl methyl sites for hydroxylation is 2. The molecule has 1 saturated heterocycles. The highest BCUT2D eigenvalue weighted by Gasteiger charge is 2.70. The van der Waals surface area contributed by atoms with Crippen molar-refractivity contribution in [2.75, 3.05) is 0 Å². The molecule has 0 saturated carbocycles. The molecule has 3 nitrogen and oxygen atoms in total. The first-order chi connectivity index (χ1) is 12.1. The van der Waals surface area contributed by atoms with Crippen LogP contribution in [0.15, 0.2) is 36.4 Å². The molecular weight excluding hydrogens is 312 g/mol. The Kier molecular flexibility index (Phi) is 2.33. The first-order valence-electron chi connectivity index (χ1n) is 9.08. The van der Waals surface area contributed by atoms with Crippen LogP contribution in [0.3, 0.4) is 0 Å². The van der Waals surface area contributed by atoms with E-state index in [9.17, 15) is 9.59 Å². The fourth-order valence-corrected chi connectivity index (χ4v) is 5.64. The molecule has 0 bridgehead atoms. The lowest BCUT2D eigenvalue weighted by molar-refractivity contribution is -0.155. The first-order valence-corrected chi connectivity index (χ1v) is 9.08. The van der Waals surface area contributed by atoms with E-state index in [1.54, 1.807) is 0 Å². The van der Waals surface area contributed by atoms with Crippen molar-refractivity contribution in [2.24, 2.45) is 10.8 Å². The normalized spacial score (nSPS) is 31.0. The van der Waals surface area contributed by atoms with Gasteiger partial charge in [-0.15, -0.1) is 0 Å². The van der Waals surface area contributed by atoms with Gasteiger partial charge in [-0.1, -0.05) is 36.4 Å². The molecule has 0 spiro atoms. The van der Waals surface area contributed by atoms with Gasteiger partial charge in [-0.3, -0.25) is 9.59 Å². The summed E-state index contributed by atoms with van der Waals surface area (Å²) in [6.07, 6.45) is 4.76. The molecule has 6 rings (SSSR count). The second-order valence-electron chi connectivity index (χ2n) is 8.21. The van der Waals surface area contributed by atoms with Crippen molar-refractivity contribution in [1.29, 1.82) is 0 Å². The molecular formula is C22H18O3. The highest BCUT2D eigenvalue weighted by atomic mass is 16.6. The third-order valence-electron chi connectivity index (χ3n) is 7.16. The molecule has 0 radical (unpaired) electrons. The first kappa shape index (κ1) is 13.8. The number of ether oxygens (including phenoxy) is 1. The monoisotopic (exact) mass is 330 g/mol. The Hall–Kier alpha value is -2.42. The molecule has 2 aromatic rings. The summed E-state index contributed by atoms with van der Waals surface area (Å²) in [6.45, 7) is 0. The van der Waals surface area contributed by atoms with Gasteiger partial charge in [0.25, 0.3) is 0 Å². The van der Waals surface area contributed by atoms with Crippen molar-refractivity contribution in [3.05, 3.63) is 69.8 Å². The Labute approximate surface area is 146 Å². The summed E-state index contributed by atoms with van der Waals surface area (Å²) in [6, 6.07) is 12.8. The van der Waals surface area contributed by atoms with E-state index in [4.69, 9.17) is 4.74 Å². The van der Waals surface area contributed by atoms with E-state index in [2.05, 4.69) is 24.3 Å². The van der Waals surface area contributed by atoms with Crippen LogP contribution < -0.4 is 0 Å². The molecule has 0 aromatic heterocycles. The van der Waals surface area contributed by atoms with Gasteiger partial charge in [-0.2, -0.15) is 0 Å². The van der Waals surface area contributed by atoms with Crippen molar-refractivity contribution in [2.45, 2.75) is 38.5 Å². The molecule has 1 aliphatic heterocycles. The molecule has 0 amide bonds. The van der Waals surface area contributed by atoms with E-state index in [1.165, 1.54) is 33.4 Å².